The third-order valence-corrected chi connectivity index (χ3v) is 4.73. The van der Waals surface area contributed by atoms with Crippen molar-refractivity contribution in [3.05, 3.63) is 30.1 Å². The van der Waals surface area contributed by atoms with Crippen LogP contribution in [0.4, 0.5) is 0 Å². The van der Waals surface area contributed by atoms with Gasteiger partial charge in [-0.1, -0.05) is 32.1 Å². The number of aromatic nitrogens is 1. The lowest BCUT2D eigenvalue weighted by Crippen LogP contribution is -2.40. The second-order valence-electron chi connectivity index (χ2n) is 6.22. The van der Waals surface area contributed by atoms with Gasteiger partial charge in [0.1, 0.15) is 0 Å². The van der Waals surface area contributed by atoms with E-state index in [1.807, 2.05) is 12.4 Å². The molecule has 1 aromatic rings. The SMILES string of the molecule is CN(CCc1ccncc1)C(CN)CC1CCCCC1. The lowest BCUT2D eigenvalue weighted by atomic mass is 9.84. The molecule has 0 amide bonds. The second kappa shape index (κ2) is 8.38. The smallest absolute Gasteiger partial charge is 0.0270 e. The van der Waals surface area contributed by atoms with Crippen molar-refractivity contribution in [3.8, 4) is 0 Å². The molecule has 0 aliphatic heterocycles. The average molecular weight is 275 g/mol. The number of hydrogen-bond donors (Lipinski definition) is 1. The number of hydrogen-bond acceptors (Lipinski definition) is 3. The first-order chi connectivity index (χ1) is 9.79. The molecule has 0 saturated heterocycles. The summed E-state index contributed by atoms with van der Waals surface area (Å²) < 4.78 is 0. The Morgan fingerprint density at radius 1 is 1.25 bits per heavy atom. The van der Waals surface area contributed by atoms with Crippen molar-refractivity contribution in [2.45, 2.75) is 51.0 Å². The van der Waals surface area contributed by atoms with Crippen molar-refractivity contribution in [1.82, 2.24) is 9.88 Å². The minimum absolute atomic E-state index is 0.542. The first-order valence-electron chi connectivity index (χ1n) is 8.09. The summed E-state index contributed by atoms with van der Waals surface area (Å²) in [6, 6.07) is 4.75. The third kappa shape index (κ3) is 4.88. The molecule has 1 aliphatic rings. The fourth-order valence-electron chi connectivity index (χ4n) is 3.30. The van der Waals surface area contributed by atoms with Crippen LogP contribution in [-0.4, -0.2) is 36.1 Å². The largest absolute Gasteiger partial charge is 0.329 e. The molecule has 0 radical (unpaired) electrons. The molecule has 0 aromatic carbocycles. The molecule has 3 heteroatoms. The molecule has 1 atom stereocenters. The highest BCUT2D eigenvalue weighted by Crippen LogP contribution is 2.28. The standard InChI is InChI=1S/C17H29N3/c1-20(12-9-15-7-10-19-11-8-15)17(14-18)13-16-5-3-2-4-6-16/h7-8,10-11,16-17H,2-6,9,12-14,18H2,1H3. The Morgan fingerprint density at radius 3 is 2.60 bits per heavy atom. The monoisotopic (exact) mass is 275 g/mol. The van der Waals surface area contributed by atoms with E-state index in [-0.39, 0.29) is 0 Å². The van der Waals surface area contributed by atoms with Crippen LogP contribution < -0.4 is 5.73 Å². The number of likely N-dealkylation sites (N-methyl/N-ethyl adjacent to an activating group) is 1. The molecular formula is C17H29N3. The number of pyridine rings is 1. The van der Waals surface area contributed by atoms with Gasteiger partial charge in [0.2, 0.25) is 0 Å². The summed E-state index contributed by atoms with van der Waals surface area (Å²) >= 11 is 0. The van der Waals surface area contributed by atoms with Gasteiger partial charge in [0, 0.05) is 31.5 Å². The molecule has 2 rings (SSSR count). The van der Waals surface area contributed by atoms with Crippen LogP contribution in [0.15, 0.2) is 24.5 Å². The van der Waals surface area contributed by atoms with Crippen LogP contribution in [0.1, 0.15) is 44.1 Å². The van der Waals surface area contributed by atoms with Crippen molar-refractivity contribution in [2.75, 3.05) is 20.1 Å². The molecule has 2 N–H and O–H groups in total. The molecule has 1 aliphatic carbocycles. The van der Waals surface area contributed by atoms with Gasteiger partial charge >= 0.3 is 0 Å². The van der Waals surface area contributed by atoms with Gasteiger partial charge in [-0.25, -0.2) is 0 Å². The minimum atomic E-state index is 0.542. The average Bonchev–Trinajstić information content (AvgIpc) is 2.52. The van der Waals surface area contributed by atoms with Gasteiger partial charge in [-0.05, 0) is 43.5 Å². The van der Waals surface area contributed by atoms with Crippen molar-refractivity contribution in [2.24, 2.45) is 11.7 Å². The highest BCUT2D eigenvalue weighted by Gasteiger charge is 2.20. The molecule has 112 valence electrons. The normalized spacial score (nSPS) is 18.4. The van der Waals surface area contributed by atoms with Gasteiger partial charge < -0.3 is 10.6 Å². The summed E-state index contributed by atoms with van der Waals surface area (Å²) in [4.78, 5) is 6.52. The molecule has 20 heavy (non-hydrogen) atoms. The molecule has 1 heterocycles. The molecule has 0 spiro atoms. The molecular weight excluding hydrogens is 246 g/mol. The Bertz CT molecular complexity index is 360. The number of nitrogens with two attached hydrogens (primary N) is 1. The zero-order valence-electron chi connectivity index (χ0n) is 12.8. The second-order valence-corrected chi connectivity index (χ2v) is 6.22. The summed E-state index contributed by atoms with van der Waals surface area (Å²) in [5.74, 6) is 0.903. The van der Waals surface area contributed by atoms with E-state index in [1.165, 1.54) is 44.1 Å². The van der Waals surface area contributed by atoms with Gasteiger partial charge in [-0.2, -0.15) is 0 Å². The van der Waals surface area contributed by atoms with Gasteiger partial charge in [-0.3, -0.25) is 4.98 Å². The van der Waals surface area contributed by atoms with E-state index in [0.717, 1.165) is 25.4 Å². The van der Waals surface area contributed by atoms with E-state index < -0.39 is 0 Å². The van der Waals surface area contributed by atoms with E-state index in [9.17, 15) is 0 Å². The summed E-state index contributed by atoms with van der Waals surface area (Å²) in [5.41, 5.74) is 7.37. The van der Waals surface area contributed by atoms with Gasteiger partial charge in [0.15, 0.2) is 0 Å². The summed E-state index contributed by atoms with van der Waals surface area (Å²) in [6.45, 7) is 1.86. The fourth-order valence-corrected chi connectivity index (χ4v) is 3.30. The maximum Gasteiger partial charge on any atom is 0.0270 e. The van der Waals surface area contributed by atoms with Gasteiger partial charge in [0.25, 0.3) is 0 Å². The summed E-state index contributed by atoms with van der Waals surface area (Å²) in [7, 11) is 2.22. The topological polar surface area (TPSA) is 42.2 Å². The van der Waals surface area contributed by atoms with Gasteiger partial charge in [-0.15, -0.1) is 0 Å². The molecule has 1 aromatic heterocycles. The zero-order chi connectivity index (χ0) is 14.2. The van der Waals surface area contributed by atoms with Crippen molar-refractivity contribution >= 4 is 0 Å². The molecule has 0 bridgehead atoms. The van der Waals surface area contributed by atoms with Gasteiger partial charge in [0.05, 0.1) is 0 Å². The first-order valence-corrected chi connectivity index (χ1v) is 8.09. The quantitative estimate of drug-likeness (QED) is 0.832. The van der Waals surface area contributed by atoms with Crippen LogP contribution >= 0.6 is 0 Å². The first kappa shape index (κ1) is 15.5. The third-order valence-electron chi connectivity index (χ3n) is 4.73. The van der Waals surface area contributed by atoms with E-state index in [4.69, 9.17) is 5.73 Å². The Balaban J connectivity index is 1.77. The maximum absolute atomic E-state index is 6.01. The van der Waals surface area contributed by atoms with Crippen molar-refractivity contribution in [1.29, 1.82) is 0 Å². The predicted molar refractivity (Wildman–Crippen MR) is 84.6 cm³/mol. The lowest BCUT2D eigenvalue weighted by Gasteiger charge is -2.32. The van der Waals surface area contributed by atoms with E-state index >= 15 is 0 Å². The minimum Gasteiger partial charge on any atom is -0.329 e. The number of rotatable bonds is 7. The Morgan fingerprint density at radius 2 is 1.95 bits per heavy atom. The van der Waals surface area contributed by atoms with Crippen LogP contribution in [-0.2, 0) is 6.42 Å². The van der Waals surface area contributed by atoms with Crippen LogP contribution in [0, 0.1) is 5.92 Å². The predicted octanol–water partition coefficient (Wildman–Crippen LogP) is 2.85. The highest BCUT2D eigenvalue weighted by molar-refractivity contribution is 5.09. The van der Waals surface area contributed by atoms with Crippen LogP contribution in [0.5, 0.6) is 0 Å². The Labute approximate surface area is 123 Å². The Hall–Kier alpha value is -0.930. The van der Waals surface area contributed by atoms with Crippen molar-refractivity contribution in [3.63, 3.8) is 0 Å². The van der Waals surface area contributed by atoms with Crippen molar-refractivity contribution < 1.29 is 0 Å². The van der Waals surface area contributed by atoms with E-state index in [2.05, 4.69) is 29.1 Å². The maximum atomic E-state index is 6.01. The van der Waals surface area contributed by atoms with E-state index in [0.29, 0.717) is 6.04 Å². The van der Waals surface area contributed by atoms with Crippen LogP contribution in [0.25, 0.3) is 0 Å². The Kier molecular flexibility index (Phi) is 6.48. The van der Waals surface area contributed by atoms with Crippen LogP contribution in [0.3, 0.4) is 0 Å². The number of nitrogens with zero attached hydrogens (tertiary/aromatic N) is 2. The molecule has 1 saturated carbocycles. The molecule has 1 fully saturated rings. The van der Waals surface area contributed by atoms with E-state index in [1.54, 1.807) is 0 Å². The lowest BCUT2D eigenvalue weighted by molar-refractivity contribution is 0.193. The fraction of sp³-hybridized carbons (Fsp3) is 0.706. The summed E-state index contributed by atoms with van der Waals surface area (Å²) in [5, 5.41) is 0. The van der Waals surface area contributed by atoms with Crippen LogP contribution in [0.2, 0.25) is 0 Å². The zero-order valence-corrected chi connectivity index (χ0v) is 12.8. The molecule has 1 unspecified atom stereocenters. The highest BCUT2D eigenvalue weighted by atomic mass is 15.1. The molecule has 3 nitrogen and oxygen atoms in total. The summed E-state index contributed by atoms with van der Waals surface area (Å²) in [6.07, 6.45) is 13.2.